The number of ether oxygens (including phenoxy) is 1. The molecule has 3 rings (SSSR count). The molecular formula is C19H25N5O2. The minimum atomic E-state index is -0.146. The van der Waals surface area contributed by atoms with Crippen molar-refractivity contribution in [3.05, 3.63) is 42.1 Å². The number of nitrogens with one attached hydrogen (secondary N) is 2. The molecule has 0 unspecified atom stereocenters. The molecule has 1 aromatic heterocycles. The van der Waals surface area contributed by atoms with E-state index in [1.807, 2.05) is 37.3 Å². The van der Waals surface area contributed by atoms with Gasteiger partial charge in [-0.25, -0.2) is 0 Å². The summed E-state index contributed by atoms with van der Waals surface area (Å²) in [5.41, 5.74) is 2.11. The van der Waals surface area contributed by atoms with Crippen molar-refractivity contribution in [1.29, 1.82) is 0 Å². The maximum Gasteiger partial charge on any atom is 0.258 e. The first-order valence-corrected chi connectivity index (χ1v) is 8.99. The highest BCUT2D eigenvalue weighted by Gasteiger charge is 2.13. The van der Waals surface area contributed by atoms with Gasteiger partial charge in [0.2, 0.25) is 0 Å². The Kier molecular flexibility index (Phi) is 6.24. The number of hydrogen-bond acceptors (Lipinski definition) is 6. The van der Waals surface area contributed by atoms with Crippen LogP contribution >= 0.6 is 0 Å². The van der Waals surface area contributed by atoms with Gasteiger partial charge >= 0.3 is 0 Å². The highest BCUT2D eigenvalue weighted by Crippen LogP contribution is 2.20. The van der Waals surface area contributed by atoms with Crippen LogP contribution in [0, 0.1) is 6.92 Å². The van der Waals surface area contributed by atoms with Gasteiger partial charge in [0.05, 0.1) is 11.9 Å². The number of hydrogen-bond donors (Lipinski definition) is 2. The van der Waals surface area contributed by atoms with Crippen molar-refractivity contribution in [3.8, 4) is 5.75 Å². The highest BCUT2D eigenvalue weighted by molar-refractivity contribution is 5.77. The maximum atomic E-state index is 11.9. The molecule has 0 radical (unpaired) electrons. The summed E-state index contributed by atoms with van der Waals surface area (Å²) in [5.74, 6) is 1.31. The van der Waals surface area contributed by atoms with Crippen LogP contribution in [0.2, 0.25) is 0 Å². The third kappa shape index (κ3) is 5.08. The van der Waals surface area contributed by atoms with Gasteiger partial charge in [-0.05, 0) is 31.4 Å². The van der Waals surface area contributed by atoms with Crippen molar-refractivity contribution in [2.24, 2.45) is 0 Å². The first-order chi connectivity index (χ1) is 12.7. The predicted molar refractivity (Wildman–Crippen MR) is 102 cm³/mol. The third-order valence-electron chi connectivity index (χ3n) is 4.32. The Bertz CT molecular complexity index is 731. The van der Waals surface area contributed by atoms with Crippen LogP contribution in [0.3, 0.4) is 0 Å². The monoisotopic (exact) mass is 355 g/mol. The molecule has 0 spiro atoms. The molecular weight excluding hydrogens is 330 g/mol. The Hall–Kier alpha value is -2.83. The average molecular weight is 355 g/mol. The molecule has 1 amide bonds. The molecule has 2 N–H and O–H groups in total. The molecule has 26 heavy (non-hydrogen) atoms. The van der Waals surface area contributed by atoms with Crippen LogP contribution in [0.25, 0.3) is 0 Å². The highest BCUT2D eigenvalue weighted by atomic mass is 16.5. The Morgan fingerprint density at radius 1 is 1.23 bits per heavy atom. The summed E-state index contributed by atoms with van der Waals surface area (Å²) in [4.78, 5) is 14.2. The quantitative estimate of drug-likeness (QED) is 0.705. The largest absolute Gasteiger partial charge is 0.484 e. The topological polar surface area (TPSA) is 79.4 Å². The van der Waals surface area contributed by atoms with Crippen molar-refractivity contribution in [1.82, 2.24) is 15.5 Å². The predicted octanol–water partition coefficient (Wildman–Crippen LogP) is 1.99. The van der Waals surface area contributed by atoms with Crippen LogP contribution in [0.1, 0.15) is 18.4 Å². The fourth-order valence-electron chi connectivity index (χ4n) is 2.90. The number of nitrogens with zero attached hydrogens (tertiary/aromatic N) is 3. The van der Waals surface area contributed by atoms with E-state index < -0.39 is 0 Å². The Labute approximate surface area is 153 Å². The molecule has 0 aliphatic carbocycles. The van der Waals surface area contributed by atoms with Crippen molar-refractivity contribution in [3.63, 3.8) is 0 Å². The number of rotatable bonds is 8. The van der Waals surface area contributed by atoms with Crippen LogP contribution < -0.4 is 20.3 Å². The molecule has 0 bridgehead atoms. The van der Waals surface area contributed by atoms with Crippen LogP contribution in [-0.4, -0.2) is 48.9 Å². The van der Waals surface area contributed by atoms with Gasteiger partial charge in [-0.1, -0.05) is 18.2 Å². The number of carbonyl (C=O) groups excluding carboxylic acids is 1. The standard InChI is InChI=1S/C19H25N5O2/c1-15-6-2-3-7-17(15)26-14-19(25)21-9-8-20-18-12-16(13-22-23-18)24-10-4-5-11-24/h2-3,6-7,12-13H,4-5,8-11,14H2,1H3,(H,20,23)(H,21,25). The van der Waals surface area contributed by atoms with Gasteiger partial charge in [-0.2, -0.15) is 5.10 Å². The minimum absolute atomic E-state index is 0.00903. The summed E-state index contributed by atoms with van der Waals surface area (Å²) >= 11 is 0. The number of aryl methyl sites for hydroxylation is 1. The first-order valence-electron chi connectivity index (χ1n) is 8.99. The van der Waals surface area contributed by atoms with E-state index in [1.165, 1.54) is 12.8 Å². The minimum Gasteiger partial charge on any atom is -0.484 e. The van der Waals surface area contributed by atoms with E-state index in [0.717, 1.165) is 35.9 Å². The molecule has 1 saturated heterocycles. The molecule has 2 aromatic rings. The molecule has 1 fully saturated rings. The van der Waals surface area contributed by atoms with E-state index in [4.69, 9.17) is 4.74 Å². The van der Waals surface area contributed by atoms with Crippen molar-refractivity contribution in [2.45, 2.75) is 19.8 Å². The Morgan fingerprint density at radius 3 is 2.85 bits per heavy atom. The van der Waals surface area contributed by atoms with Gasteiger partial charge in [0, 0.05) is 32.2 Å². The summed E-state index contributed by atoms with van der Waals surface area (Å²) in [5, 5.41) is 14.2. The number of benzene rings is 1. The second-order valence-corrected chi connectivity index (χ2v) is 6.32. The van der Waals surface area contributed by atoms with E-state index in [1.54, 1.807) is 6.20 Å². The van der Waals surface area contributed by atoms with Gasteiger partial charge in [-0.3, -0.25) is 4.79 Å². The zero-order valence-electron chi connectivity index (χ0n) is 15.1. The lowest BCUT2D eigenvalue weighted by molar-refractivity contribution is -0.123. The lowest BCUT2D eigenvalue weighted by Gasteiger charge is -2.17. The zero-order valence-corrected chi connectivity index (χ0v) is 15.1. The van der Waals surface area contributed by atoms with Gasteiger partial charge < -0.3 is 20.3 Å². The van der Waals surface area contributed by atoms with E-state index >= 15 is 0 Å². The first kappa shape index (κ1) is 18.0. The van der Waals surface area contributed by atoms with Gasteiger partial charge in [0.1, 0.15) is 5.75 Å². The molecule has 2 heterocycles. The number of para-hydroxylation sites is 1. The van der Waals surface area contributed by atoms with Crippen molar-refractivity contribution >= 4 is 17.4 Å². The average Bonchev–Trinajstić information content (AvgIpc) is 3.20. The zero-order chi connectivity index (χ0) is 18.2. The van der Waals surface area contributed by atoms with Crippen LogP contribution in [0.15, 0.2) is 36.5 Å². The second kappa shape index (κ2) is 9.03. The van der Waals surface area contributed by atoms with Crippen LogP contribution in [0.5, 0.6) is 5.75 Å². The van der Waals surface area contributed by atoms with E-state index in [2.05, 4.69) is 25.7 Å². The second-order valence-electron chi connectivity index (χ2n) is 6.32. The summed E-state index contributed by atoms with van der Waals surface area (Å²) in [6, 6.07) is 9.64. The summed E-state index contributed by atoms with van der Waals surface area (Å²) in [6.07, 6.45) is 4.24. The molecule has 1 aliphatic rings. The molecule has 0 saturated carbocycles. The number of anilines is 2. The van der Waals surface area contributed by atoms with Crippen molar-refractivity contribution in [2.75, 3.05) is 43.0 Å². The maximum absolute atomic E-state index is 11.9. The normalized spacial score (nSPS) is 13.5. The molecule has 7 heteroatoms. The smallest absolute Gasteiger partial charge is 0.258 e. The molecule has 0 atom stereocenters. The number of amides is 1. The van der Waals surface area contributed by atoms with Crippen LogP contribution in [-0.2, 0) is 4.79 Å². The summed E-state index contributed by atoms with van der Waals surface area (Å²) in [7, 11) is 0. The summed E-state index contributed by atoms with van der Waals surface area (Å²) < 4.78 is 5.53. The Morgan fingerprint density at radius 2 is 2.04 bits per heavy atom. The molecule has 1 aromatic carbocycles. The Balaban J connectivity index is 1.36. The fourth-order valence-corrected chi connectivity index (χ4v) is 2.90. The van der Waals surface area contributed by atoms with E-state index in [9.17, 15) is 4.79 Å². The van der Waals surface area contributed by atoms with Gasteiger partial charge in [0.25, 0.3) is 5.91 Å². The van der Waals surface area contributed by atoms with Gasteiger partial charge in [0.15, 0.2) is 12.4 Å². The molecule has 138 valence electrons. The molecule has 7 nitrogen and oxygen atoms in total. The summed E-state index contributed by atoms with van der Waals surface area (Å²) in [6.45, 7) is 5.17. The number of carbonyl (C=O) groups is 1. The van der Waals surface area contributed by atoms with E-state index in [0.29, 0.717) is 13.1 Å². The SMILES string of the molecule is Cc1ccccc1OCC(=O)NCCNc1cc(N2CCCC2)cnn1. The number of aromatic nitrogens is 2. The van der Waals surface area contributed by atoms with Gasteiger partial charge in [-0.15, -0.1) is 5.10 Å². The lowest BCUT2D eigenvalue weighted by Crippen LogP contribution is -2.32. The van der Waals surface area contributed by atoms with E-state index in [-0.39, 0.29) is 12.5 Å². The van der Waals surface area contributed by atoms with Crippen molar-refractivity contribution < 1.29 is 9.53 Å². The van der Waals surface area contributed by atoms with Crippen LogP contribution in [0.4, 0.5) is 11.5 Å². The third-order valence-corrected chi connectivity index (χ3v) is 4.32. The molecule has 1 aliphatic heterocycles. The fraction of sp³-hybridized carbons (Fsp3) is 0.421. The lowest BCUT2D eigenvalue weighted by atomic mass is 10.2.